The topological polar surface area (TPSA) is 104 Å². The predicted octanol–water partition coefficient (Wildman–Crippen LogP) is 2.22. The van der Waals surface area contributed by atoms with Gasteiger partial charge in [0.05, 0.1) is 0 Å². The molecule has 1 aliphatic heterocycles. The minimum absolute atomic E-state index is 0.0381. The first-order chi connectivity index (χ1) is 10.6. The lowest BCUT2D eigenvalue weighted by Crippen LogP contribution is -2.33. The number of aryl methyl sites for hydroxylation is 1. The first-order valence-corrected chi connectivity index (χ1v) is 6.73. The number of allylic oxidation sites excluding steroid dienone is 2. The molecule has 0 aliphatic carbocycles. The molecule has 0 saturated heterocycles. The SMILES string of the molecule is CC(=O)N1CCCc2ccc(NC(C#N)=C(C#N)C#N)cc21. The lowest BCUT2D eigenvalue weighted by atomic mass is 10.0. The first kappa shape index (κ1) is 15.1. The van der Waals surface area contributed by atoms with Gasteiger partial charge in [0.25, 0.3) is 0 Å². The molecule has 22 heavy (non-hydrogen) atoms. The summed E-state index contributed by atoms with van der Waals surface area (Å²) in [5.74, 6) is -0.0381. The van der Waals surface area contributed by atoms with Gasteiger partial charge in [-0.25, -0.2) is 0 Å². The van der Waals surface area contributed by atoms with Gasteiger partial charge < -0.3 is 10.2 Å². The monoisotopic (exact) mass is 291 g/mol. The van der Waals surface area contributed by atoms with Crippen molar-refractivity contribution < 1.29 is 4.79 Å². The van der Waals surface area contributed by atoms with Crippen molar-refractivity contribution in [3.05, 3.63) is 35.0 Å². The van der Waals surface area contributed by atoms with Gasteiger partial charge in [-0.3, -0.25) is 4.79 Å². The molecule has 0 bridgehead atoms. The number of rotatable bonds is 2. The van der Waals surface area contributed by atoms with Crippen LogP contribution in [0.4, 0.5) is 11.4 Å². The second-order valence-electron chi connectivity index (χ2n) is 4.83. The van der Waals surface area contributed by atoms with Crippen molar-refractivity contribution in [3.63, 3.8) is 0 Å². The lowest BCUT2D eigenvalue weighted by Gasteiger charge is -2.29. The van der Waals surface area contributed by atoms with Crippen LogP contribution in [0.25, 0.3) is 0 Å². The van der Waals surface area contributed by atoms with Crippen LogP contribution in [-0.4, -0.2) is 12.5 Å². The van der Waals surface area contributed by atoms with Crippen LogP contribution in [0.15, 0.2) is 29.5 Å². The third-order valence-electron chi connectivity index (χ3n) is 3.44. The third-order valence-corrected chi connectivity index (χ3v) is 3.44. The van der Waals surface area contributed by atoms with Crippen molar-refractivity contribution in [3.8, 4) is 18.2 Å². The van der Waals surface area contributed by atoms with Gasteiger partial charge >= 0.3 is 0 Å². The molecule has 0 saturated carbocycles. The molecule has 0 atom stereocenters. The lowest BCUT2D eigenvalue weighted by molar-refractivity contribution is -0.116. The molecule has 0 radical (unpaired) electrons. The van der Waals surface area contributed by atoms with E-state index in [1.807, 2.05) is 12.1 Å². The maximum absolute atomic E-state index is 11.7. The minimum atomic E-state index is -0.274. The summed E-state index contributed by atoms with van der Waals surface area (Å²) in [6.07, 6.45) is 1.80. The highest BCUT2D eigenvalue weighted by atomic mass is 16.2. The van der Waals surface area contributed by atoms with E-state index in [4.69, 9.17) is 15.8 Å². The Kier molecular flexibility index (Phi) is 4.41. The van der Waals surface area contributed by atoms with E-state index in [0.29, 0.717) is 12.2 Å². The van der Waals surface area contributed by atoms with Crippen LogP contribution < -0.4 is 10.2 Å². The first-order valence-electron chi connectivity index (χ1n) is 6.73. The molecule has 0 spiro atoms. The van der Waals surface area contributed by atoms with E-state index in [-0.39, 0.29) is 17.2 Å². The van der Waals surface area contributed by atoms with E-state index in [1.165, 1.54) is 6.92 Å². The van der Waals surface area contributed by atoms with E-state index < -0.39 is 0 Å². The molecule has 108 valence electrons. The van der Waals surface area contributed by atoms with E-state index in [2.05, 4.69) is 5.32 Å². The maximum atomic E-state index is 11.7. The van der Waals surface area contributed by atoms with Gasteiger partial charge in [-0.05, 0) is 30.5 Å². The number of nitrogens with zero attached hydrogens (tertiary/aromatic N) is 4. The Bertz CT molecular complexity index is 757. The van der Waals surface area contributed by atoms with Crippen molar-refractivity contribution in [1.29, 1.82) is 15.8 Å². The third kappa shape index (κ3) is 2.90. The zero-order valence-corrected chi connectivity index (χ0v) is 12.1. The fraction of sp³-hybridized carbons (Fsp3) is 0.250. The van der Waals surface area contributed by atoms with Crippen molar-refractivity contribution in [2.45, 2.75) is 19.8 Å². The number of hydrogen-bond acceptors (Lipinski definition) is 5. The van der Waals surface area contributed by atoms with Crippen molar-refractivity contribution in [2.24, 2.45) is 0 Å². The molecule has 1 amide bonds. The quantitative estimate of drug-likeness (QED) is 0.841. The number of benzene rings is 1. The summed E-state index contributed by atoms with van der Waals surface area (Å²) in [4.78, 5) is 13.4. The summed E-state index contributed by atoms with van der Waals surface area (Å²) < 4.78 is 0. The van der Waals surface area contributed by atoms with Gasteiger partial charge in [0.1, 0.15) is 23.9 Å². The Hall–Kier alpha value is -3.30. The van der Waals surface area contributed by atoms with Crippen molar-refractivity contribution >= 4 is 17.3 Å². The number of amides is 1. The summed E-state index contributed by atoms with van der Waals surface area (Å²) in [6, 6.07) is 10.6. The van der Waals surface area contributed by atoms with Gasteiger partial charge in [0.15, 0.2) is 5.57 Å². The largest absolute Gasteiger partial charge is 0.345 e. The Labute approximate surface area is 128 Å². The number of anilines is 2. The molecule has 2 rings (SSSR count). The van der Waals surface area contributed by atoms with Gasteiger partial charge in [-0.2, -0.15) is 15.8 Å². The summed E-state index contributed by atoms with van der Waals surface area (Å²) in [6.45, 7) is 2.17. The second-order valence-corrected chi connectivity index (χ2v) is 4.83. The Morgan fingerprint density at radius 3 is 2.55 bits per heavy atom. The van der Waals surface area contributed by atoms with Crippen LogP contribution in [0, 0.1) is 34.0 Å². The fourth-order valence-electron chi connectivity index (χ4n) is 2.41. The fourth-order valence-corrected chi connectivity index (χ4v) is 2.41. The van der Waals surface area contributed by atoms with Gasteiger partial charge in [0.2, 0.25) is 5.91 Å². The smallest absolute Gasteiger partial charge is 0.223 e. The van der Waals surface area contributed by atoms with E-state index in [0.717, 1.165) is 24.1 Å². The number of hydrogen-bond donors (Lipinski definition) is 1. The zero-order valence-electron chi connectivity index (χ0n) is 12.1. The maximum Gasteiger partial charge on any atom is 0.223 e. The summed E-state index contributed by atoms with van der Waals surface area (Å²) in [5, 5.41) is 29.5. The van der Waals surface area contributed by atoms with E-state index in [1.54, 1.807) is 29.2 Å². The van der Waals surface area contributed by atoms with Gasteiger partial charge in [-0.15, -0.1) is 0 Å². The molecule has 0 aromatic heterocycles. The standard InChI is InChI=1S/C16H13N5O/c1-11(22)21-6-2-3-12-4-5-14(7-16(12)21)20-15(10-19)13(8-17)9-18/h4-5,7,20H,2-3,6H2,1H3. The Balaban J connectivity index is 2.40. The normalized spacial score (nSPS) is 12.2. The van der Waals surface area contributed by atoms with Crippen LogP contribution in [0.5, 0.6) is 0 Å². The molecule has 6 heteroatoms. The summed E-state index contributed by atoms with van der Waals surface area (Å²) in [5.41, 5.74) is 2.05. The van der Waals surface area contributed by atoms with Gasteiger partial charge in [-0.1, -0.05) is 6.07 Å². The van der Waals surface area contributed by atoms with Crippen LogP contribution >= 0.6 is 0 Å². The minimum Gasteiger partial charge on any atom is -0.345 e. The van der Waals surface area contributed by atoms with E-state index >= 15 is 0 Å². The summed E-state index contributed by atoms with van der Waals surface area (Å²) >= 11 is 0. The van der Waals surface area contributed by atoms with E-state index in [9.17, 15) is 4.79 Å². The molecule has 0 unspecified atom stereocenters. The number of nitrogens with one attached hydrogen (secondary N) is 1. The van der Waals surface area contributed by atoms with Crippen LogP contribution in [0.3, 0.4) is 0 Å². The zero-order chi connectivity index (χ0) is 16.1. The van der Waals surface area contributed by atoms with Crippen LogP contribution in [-0.2, 0) is 11.2 Å². The van der Waals surface area contributed by atoms with Crippen LogP contribution in [0.1, 0.15) is 18.9 Å². The Morgan fingerprint density at radius 1 is 1.23 bits per heavy atom. The molecule has 6 nitrogen and oxygen atoms in total. The highest BCUT2D eigenvalue weighted by Crippen LogP contribution is 2.30. The number of carbonyl (C=O) groups is 1. The predicted molar refractivity (Wildman–Crippen MR) is 80.3 cm³/mol. The molecule has 1 heterocycles. The number of fused-ring (bicyclic) bond motifs is 1. The number of nitriles is 3. The molecular formula is C16H13N5O. The highest BCUT2D eigenvalue weighted by Gasteiger charge is 2.20. The van der Waals surface area contributed by atoms with Crippen molar-refractivity contribution in [1.82, 2.24) is 0 Å². The molecule has 1 aliphatic rings. The second kappa shape index (κ2) is 6.43. The molecule has 0 fully saturated rings. The molecule has 1 aromatic carbocycles. The average Bonchev–Trinajstić information content (AvgIpc) is 2.54. The van der Waals surface area contributed by atoms with Gasteiger partial charge in [0, 0.05) is 24.8 Å². The van der Waals surface area contributed by atoms with Crippen LogP contribution in [0.2, 0.25) is 0 Å². The summed E-state index contributed by atoms with van der Waals surface area (Å²) in [7, 11) is 0. The average molecular weight is 291 g/mol. The Morgan fingerprint density at radius 2 is 1.95 bits per heavy atom. The molecule has 1 aromatic rings. The highest BCUT2D eigenvalue weighted by molar-refractivity contribution is 5.93. The van der Waals surface area contributed by atoms with Crippen molar-refractivity contribution in [2.75, 3.05) is 16.8 Å². The number of carbonyl (C=O) groups excluding carboxylic acids is 1. The molecule has 1 N–H and O–H groups in total. The molecular weight excluding hydrogens is 278 g/mol.